The number of ether oxygens (including phenoxy) is 1. The largest absolute Gasteiger partial charge is 0.496 e. The Hall–Kier alpha value is -3.67. The van der Waals surface area contributed by atoms with Crippen LogP contribution in [0.2, 0.25) is 0 Å². The van der Waals surface area contributed by atoms with Crippen molar-refractivity contribution in [1.82, 2.24) is 9.97 Å². The highest BCUT2D eigenvalue weighted by Gasteiger charge is 2.20. The summed E-state index contributed by atoms with van der Waals surface area (Å²) >= 11 is 2.60. The van der Waals surface area contributed by atoms with Gasteiger partial charge >= 0.3 is 0 Å². The Labute approximate surface area is 200 Å². The molecular formula is C25H20N4O2S2. The number of rotatable bonds is 7. The molecule has 0 bridgehead atoms. The zero-order chi connectivity index (χ0) is 23.2. The summed E-state index contributed by atoms with van der Waals surface area (Å²) in [6.07, 6.45) is 0. The summed E-state index contributed by atoms with van der Waals surface area (Å²) in [5, 5.41) is 14.8. The van der Waals surface area contributed by atoms with Gasteiger partial charge in [-0.15, -0.1) is 11.3 Å². The van der Waals surface area contributed by atoms with Gasteiger partial charge in [-0.3, -0.25) is 4.79 Å². The van der Waals surface area contributed by atoms with Crippen LogP contribution in [0.25, 0.3) is 22.5 Å². The molecule has 0 aliphatic rings. The van der Waals surface area contributed by atoms with Crippen LogP contribution in [0.1, 0.15) is 12.5 Å². The van der Waals surface area contributed by atoms with Crippen LogP contribution in [0.4, 0.5) is 5.13 Å². The Morgan fingerprint density at radius 1 is 1.06 bits per heavy atom. The lowest BCUT2D eigenvalue weighted by Gasteiger charge is -2.12. The maximum Gasteiger partial charge on any atom is 0.239 e. The van der Waals surface area contributed by atoms with E-state index in [1.165, 1.54) is 23.1 Å². The molecule has 8 heteroatoms. The van der Waals surface area contributed by atoms with Crippen molar-refractivity contribution in [1.29, 1.82) is 5.26 Å². The van der Waals surface area contributed by atoms with Gasteiger partial charge in [0.2, 0.25) is 5.91 Å². The van der Waals surface area contributed by atoms with Crippen LogP contribution in [0.15, 0.2) is 77.1 Å². The SMILES string of the molecule is COc1ccccc1-c1csc(NC(=O)C(C)Sc2nc(-c3ccccc3)ccc2C#N)n1. The maximum atomic E-state index is 12.8. The number of hydrogen-bond donors (Lipinski definition) is 1. The van der Waals surface area contributed by atoms with E-state index in [2.05, 4.69) is 21.4 Å². The standard InChI is InChI=1S/C25H20N4O2S2/c1-16(33-24-18(14-26)12-13-20(27-24)17-8-4-3-5-9-17)23(30)29-25-28-21(15-32-25)19-10-6-7-11-22(19)31-2/h3-13,15-16H,1-2H3,(H,28,29,30). The van der Waals surface area contributed by atoms with Gasteiger partial charge in [0.1, 0.15) is 16.8 Å². The summed E-state index contributed by atoms with van der Waals surface area (Å²) in [5.41, 5.74) is 3.74. The number of methoxy groups -OCH3 is 1. The zero-order valence-electron chi connectivity index (χ0n) is 18.0. The fourth-order valence-electron chi connectivity index (χ4n) is 3.12. The van der Waals surface area contributed by atoms with E-state index in [0.717, 1.165) is 28.3 Å². The molecule has 0 aliphatic heterocycles. The number of thioether (sulfide) groups is 1. The molecule has 33 heavy (non-hydrogen) atoms. The van der Waals surface area contributed by atoms with Gasteiger partial charge < -0.3 is 10.1 Å². The van der Waals surface area contributed by atoms with Crippen molar-refractivity contribution in [3.05, 3.63) is 77.7 Å². The van der Waals surface area contributed by atoms with Crippen LogP contribution in [-0.4, -0.2) is 28.2 Å². The van der Waals surface area contributed by atoms with Crippen molar-refractivity contribution in [3.8, 4) is 34.3 Å². The van der Waals surface area contributed by atoms with Crippen LogP contribution in [0.3, 0.4) is 0 Å². The number of hydrogen-bond acceptors (Lipinski definition) is 7. The van der Waals surface area contributed by atoms with Crippen molar-refractivity contribution >= 4 is 34.1 Å². The number of carbonyl (C=O) groups excluding carboxylic acids is 1. The van der Waals surface area contributed by atoms with Crippen molar-refractivity contribution < 1.29 is 9.53 Å². The number of nitrogens with zero attached hydrogens (tertiary/aromatic N) is 3. The molecule has 2 heterocycles. The van der Waals surface area contributed by atoms with E-state index in [-0.39, 0.29) is 5.91 Å². The molecule has 6 nitrogen and oxygen atoms in total. The molecule has 4 aromatic rings. The molecule has 0 aliphatic carbocycles. The molecule has 0 saturated heterocycles. The Morgan fingerprint density at radius 3 is 2.58 bits per heavy atom. The van der Waals surface area contributed by atoms with Gasteiger partial charge in [0, 0.05) is 16.5 Å². The molecule has 2 aromatic heterocycles. The number of benzene rings is 2. The monoisotopic (exact) mass is 472 g/mol. The molecule has 164 valence electrons. The summed E-state index contributed by atoms with van der Waals surface area (Å²) in [7, 11) is 1.61. The van der Waals surface area contributed by atoms with Gasteiger partial charge in [0.05, 0.1) is 29.3 Å². The average molecular weight is 473 g/mol. The van der Waals surface area contributed by atoms with E-state index in [9.17, 15) is 10.1 Å². The van der Waals surface area contributed by atoms with E-state index >= 15 is 0 Å². The van der Waals surface area contributed by atoms with Crippen LogP contribution in [-0.2, 0) is 4.79 Å². The van der Waals surface area contributed by atoms with Gasteiger partial charge in [-0.2, -0.15) is 5.26 Å². The fourth-order valence-corrected chi connectivity index (χ4v) is 4.73. The first-order valence-electron chi connectivity index (χ1n) is 10.1. The van der Waals surface area contributed by atoms with Gasteiger partial charge in [-0.25, -0.2) is 9.97 Å². The molecule has 4 rings (SSSR count). The number of anilines is 1. The minimum atomic E-state index is -0.478. The number of nitriles is 1. The third kappa shape index (κ3) is 5.22. The first-order valence-corrected chi connectivity index (χ1v) is 11.9. The summed E-state index contributed by atoms with van der Waals surface area (Å²) < 4.78 is 5.40. The van der Waals surface area contributed by atoms with Gasteiger partial charge in [0.25, 0.3) is 0 Å². The third-order valence-corrected chi connectivity index (χ3v) is 6.68. The number of pyridine rings is 1. The van der Waals surface area contributed by atoms with E-state index in [4.69, 9.17) is 4.74 Å². The highest BCUT2D eigenvalue weighted by molar-refractivity contribution is 8.00. The maximum absolute atomic E-state index is 12.8. The predicted molar refractivity (Wildman–Crippen MR) is 132 cm³/mol. The minimum Gasteiger partial charge on any atom is -0.496 e. The first kappa shape index (κ1) is 22.5. The number of carbonyl (C=O) groups is 1. The second-order valence-electron chi connectivity index (χ2n) is 7.01. The molecule has 0 radical (unpaired) electrons. The second kappa shape index (κ2) is 10.3. The van der Waals surface area contributed by atoms with E-state index in [1.807, 2.05) is 66.0 Å². The highest BCUT2D eigenvalue weighted by Crippen LogP contribution is 2.33. The molecular weight excluding hydrogens is 452 g/mol. The van der Waals surface area contributed by atoms with Crippen molar-refractivity contribution in [3.63, 3.8) is 0 Å². The van der Waals surface area contributed by atoms with Crippen LogP contribution in [0.5, 0.6) is 5.75 Å². The van der Waals surface area contributed by atoms with Crippen molar-refractivity contribution in [2.75, 3.05) is 12.4 Å². The first-order chi connectivity index (χ1) is 16.1. The number of amides is 1. The highest BCUT2D eigenvalue weighted by atomic mass is 32.2. The van der Waals surface area contributed by atoms with Crippen LogP contribution in [0, 0.1) is 11.3 Å². The smallest absolute Gasteiger partial charge is 0.239 e. The van der Waals surface area contributed by atoms with Gasteiger partial charge in [-0.05, 0) is 31.2 Å². The quantitative estimate of drug-likeness (QED) is 0.338. The molecule has 1 atom stereocenters. The molecule has 1 N–H and O–H groups in total. The summed E-state index contributed by atoms with van der Waals surface area (Å²) in [4.78, 5) is 22.0. The number of aromatic nitrogens is 2. The minimum absolute atomic E-state index is 0.211. The topological polar surface area (TPSA) is 87.9 Å². The molecule has 2 aromatic carbocycles. The lowest BCUT2D eigenvalue weighted by Crippen LogP contribution is -2.22. The van der Waals surface area contributed by atoms with Gasteiger partial charge in [-0.1, -0.05) is 54.2 Å². The molecule has 0 spiro atoms. The number of thiazole rings is 1. The molecule has 0 fully saturated rings. The number of para-hydroxylation sites is 1. The third-order valence-electron chi connectivity index (χ3n) is 4.83. The average Bonchev–Trinajstić information content (AvgIpc) is 3.32. The normalized spacial score (nSPS) is 11.4. The zero-order valence-corrected chi connectivity index (χ0v) is 19.6. The lowest BCUT2D eigenvalue weighted by molar-refractivity contribution is -0.115. The van der Waals surface area contributed by atoms with Crippen molar-refractivity contribution in [2.45, 2.75) is 17.2 Å². The van der Waals surface area contributed by atoms with Crippen molar-refractivity contribution in [2.24, 2.45) is 0 Å². The second-order valence-corrected chi connectivity index (χ2v) is 9.20. The Balaban J connectivity index is 1.49. The summed E-state index contributed by atoms with van der Waals surface area (Å²) in [6.45, 7) is 1.78. The molecule has 1 amide bonds. The van der Waals surface area contributed by atoms with E-state index < -0.39 is 5.25 Å². The van der Waals surface area contributed by atoms with E-state index in [1.54, 1.807) is 20.1 Å². The van der Waals surface area contributed by atoms with Gasteiger partial charge in [0.15, 0.2) is 5.13 Å². The Kier molecular flexibility index (Phi) is 7.03. The summed E-state index contributed by atoms with van der Waals surface area (Å²) in [6, 6.07) is 23.0. The predicted octanol–water partition coefficient (Wildman–Crippen LogP) is 5.87. The summed E-state index contributed by atoms with van der Waals surface area (Å²) in [5.74, 6) is 0.509. The fraction of sp³-hybridized carbons (Fsp3) is 0.120. The number of nitrogens with one attached hydrogen (secondary N) is 1. The van der Waals surface area contributed by atoms with E-state index in [0.29, 0.717) is 15.7 Å². The molecule has 1 unspecified atom stereocenters. The Bertz CT molecular complexity index is 1320. The Morgan fingerprint density at radius 2 is 1.82 bits per heavy atom. The van der Waals surface area contributed by atoms with Crippen LogP contribution < -0.4 is 10.1 Å². The van der Waals surface area contributed by atoms with Crippen LogP contribution >= 0.6 is 23.1 Å². The molecule has 0 saturated carbocycles. The lowest BCUT2D eigenvalue weighted by atomic mass is 10.1.